The number of aliphatic hydroxyl groups is 1. The van der Waals surface area contributed by atoms with Crippen LogP contribution in [0.3, 0.4) is 0 Å². The van der Waals surface area contributed by atoms with Crippen LogP contribution in [0.4, 0.5) is 15.8 Å². The van der Waals surface area contributed by atoms with Crippen LogP contribution in [0.15, 0.2) is 48.5 Å². The minimum atomic E-state index is -0.651. The summed E-state index contributed by atoms with van der Waals surface area (Å²) in [5.74, 6) is -0.283. The number of anilines is 2. The molecule has 0 radical (unpaired) electrons. The highest BCUT2D eigenvalue weighted by molar-refractivity contribution is 5.76. The highest BCUT2D eigenvalue weighted by Crippen LogP contribution is 2.41. The van der Waals surface area contributed by atoms with Crippen LogP contribution < -0.4 is 15.1 Å². The zero-order valence-corrected chi connectivity index (χ0v) is 14.1. The predicted molar refractivity (Wildman–Crippen MR) is 95.9 cm³/mol. The number of likely N-dealkylation sites (N-methyl/N-ethyl adjacent to an activating group) is 1. The lowest BCUT2D eigenvalue weighted by Crippen LogP contribution is -2.42. The molecule has 128 valence electrons. The highest BCUT2D eigenvalue weighted by atomic mass is 19.1. The molecule has 4 nitrogen and oxygen atoms in total. The smallest absolute Gasteiger partial charge is 0.123 e. The summed E-state index contributed by atoms with van der Waals surface area (Å²) in [5.41, 5.74) is 3.01. The van der Waals surface area contributed by atoms with Crippen LogP contribution in [-0.2, 0) is 0 Å². The molecule has 2 aromatic carbocycles. The molecule has 2 aromatic rings. The van der Waals surface area contributed by atoms with Crippen molar-refractivity contribution in [3.05, 3.63) is 59.9 Å². The Labute approximate surface area is 142 Å². The summed E-state index contributed by atoms with van der Waals surface area (Å²) in [6.07, 6.45) is -0.651. The Morgan fingerprint density at radius 2 is 1.92 bits per heavy atom. The molecule has 24 heavy (non-hydrogen) atoms. The Morgan fingerprint density at radius 3 is 2.58 bits per heavy atom. The van der Waals surface area contributed by atoms with Crippen molar-refractivity contribution in [1.29, 1.82) is 0 Å². The second-order valence-electron chi connectivity index (χ2n) is 6.08. The molecule has 2 N–H and O–H groups in total. The van der Waals surface area contributed by atoms with Gasteiger partial charge in [-0.15, -0.1) is 0 Å². The van der Waals surface area contributed by atoms with Crippen LogP contribution in [0, 0.1) is 5.82 Å². The summed E-state index contributed by atoms with van der Waals surface area (Å²) in [6, 6.07) is 14.4. The number of nitrogens with zero attached hydrogens (tertiary/aromatic N) is 2. The van der Waals surface area contributed by atoms with E-state index in [9.17, 15) is 9.50 Å². The van der Waals surface area contributed by atoms with Crippen molar-refractivity contribution in [1.82, 2.24) is 5.32 Å². The van der Waals surface area contributed by atoms with E-state index in [2.05, 4.69) is 34.2 Å². The molecular weight excluding hydrogens is 305 g/mol. The van der Waals surface area contributed by atoms with Crippen molar-refractivity contribution >= 4 is 11.4 Å². The lowest BCUT2D eigenvalue weighted by Gasteiger charge is -2.34. The Kier molecular flexibility index (Phi) is 5.02. The summed E-state index contributed by atoms with van der Waals surface area (Å²) in [7, 11) is 1.81. The Hall–Kier alpha value is -2.11. The lowest BCUT2D eigenvalue weighted by molar-refractivity contribution is 0.141. The number of benzene rings is 2. The molecule has 0 aromatic heterocycles. The number of halogens is 1. The third kappa shape index (κ3) is 3.09. The van der Waals surface area contributed by atoms with Crippen LogP contribution in [0.5, 0.6) is 0 Å². The second-order valence-corrected chi connectivity index (χ2v) is 6.08. The fourth-order valence-corrected chi connectivity index (χ4v) is 3.44. The van der Waals surface area contributed by atoms with Gasteiger partial charge < -0.3 is 20.2 Å². The topological polar surface area (TPSA) is 38.7 Å². The van der Waals surface area contributed by atoms with Gasteiger partial charge in [0.2, 0.25) is 0 Å². The van der Waals surface area contributed by atoms with Crippen LogP contribution in [0.25, 0.3) is 0 Å². The molecule has 1 aliphatic rings. The molecular formula is C19H24FN3O. The molecule has 0 aliphatic carbocycles. The largest absolute Gasteiger partial charge is 0.389 e. The molecule has 0 spiro atoms. The lowest BCUT2D eigenvalue weighted by atomic mass is 9.99. The van der Waals surface area contributed by atoms with Crippen molar-refractivity contribution in [2.24, 2.45) is 0 Å². The van der Waals surface area contributed by atoms with Crippen molar-refractivity contribution in [3.63, 3.8) is 0 Å². The minimum absolute atomic E-state index is 0.283. The van der Waals surface area contributed by atoms with Crippen LogP contribution in [0.1, 0.15) is 18.5 Å². The van der Waals surface area contributed by atoms with Gasteiger partial charge in [-0.1, -0.05) is 24.3 Å². The van der Waals surface area contributed by atoms with Crippen molar-refractivity contribution in [2.45, 2.75) is 19.1 Å². The summed E-state index contributed by atoms with van der Waals surface area (Å²) in [4.78, 5) is 4.42. The molecule has 0 bridgehead atoms. The van der Waals surface area contributed by atoms with Gasteiger partial charge in [0.15, 0.2) is 0 Å². The van der Waals surface area contributed by atoms with Crippen molar-refractivity contribution in [3.8, 4) is 0 Å². The third-order valence-corrected chi connectivity index (χ3v) is 4.54. The quantitative estimate of drug-likeness (QED) is 0.855. The standard InChI is InChI=1S/C19H24FN3O/c1-3-22-13-23(17-10-5-4-9-16(17)22)19(18(24)12-21-2)14-7-6-8-15(20)11-14/h4-11,18-19,21,24H,3,12-13H2,1-2H3. The van der Waals surface area contributed by atoms with E-state index < -0.39 is 6.10 Å². The minimum Gasteiger partial charge on any atom is -0.389 e. The zero-order valence-electron chi connectivity index (χ0n) is 14.1. The first kappa shape index (κ1) is 16.7. The molecule has 0 saturated heterocycles. The van der Waals surface area contributed by atoms with E-state index in [1.54, 1.807) is 6.07 Å². The molecule has 0 amide bonds. The normalized spacial score (nSPS) is 16.2. The second kappa shape index (κ2) is 7.20. The van der Waals surface area contributed by atoms with Gasteiger partial charge >= 0.3 is 0 Å². The first-order chi connectivity index (χ1) is 11.7. The Morgan fingerprint density at radius 1 is 1.17 bits per heavy atom. The van der Waals surface area contributed by atoms with Crippen molar-refractivity contribution in [2.75, 3.05) is 36.6 Å². The van der Waals surface area contributed by atoms with Gasteiger partial charge in [0.25, 0.3) is 0 Å². The number of hydrogen-bond acceptors (Lipinski definition) is 4. The molecule has 2 atom stereocenters. The Balaban J connectivity index is 2.03. The molecule has 0 saturated carbocycles. The van der Waals surface area contributed by atoms with E-state index in [1.165, 1.54) is 12.1 Å². The summed E-state index contributed by atoms with van der Waals surface area (Å²) in [6.45, 7) is 4.11. The summed E-state index contributed by atoms with van der Waals surface area (Å²) < 4.78 is 13.8. The number of aliphatic hydroxyl groups excluding tert-OH is 1. The number of para-hydroxylation sites is 2. The Bertz CT molecular complexity index is 694. The van der Waals surface area contributed by atoms with E-state index in [0.717, 1.165) is 23.5 Å². The molecule has 1 heterocycles. The zero-order chi connectivity index (χ0) is 17.1. The predicted octanol–water partition coefficient (Wildman–Crippen LogP) is 2.75. The van der Waals surface area contributed by atoms with Crippen molar-refractivity contribution < 1.29 is 9.50 Å². The number of rotatable bonds is 6. The fraction of sp³-hybridized carbons (Fsp3) is 0.368. The van der Waals surface area contributed by atoms with E-state index in [-0.39, 0.29) is 11.9 Å². The summed E-state index contributed by atoms with van der Waals surface area (Å²) in [5, 5.41) is 13.8. The number of fused-ring (bicyclic) bond motifs is 1. The SMILES string of the molecule is CCN1CN(C(c2cccc(F)c2)C(O)CNC)c2ccccc21. The van der Waals surface area contributed by atoms with E-state index in [4.69, 9.17) is 0 Å². The first-order valence-electron chi connectivity index (χ1n) is 8.34. The first-order valence-corrected chi connectivity index (χ1v) is 8.34. The van der Waals surface area contributed by atoms with Gasteiger partial charge in [0, 0.05) is 13.1 Å². The maximum atomic E-state index is 13.8. The maximum Gasteiger partial charge on any atom is 0.123 e. The average molecular weight is 329 g/mol. The monoisotopic (exact) mass is 329 g/mol. The van der Waals surface area contributed by atoms with Gasteiger partial charge in [-0.25, -0.2) is 4.39 Å². The molecule has 2 unspecified atom stereocenters. The van der Waals surface area contributed by atoms with Gasteiger partial charge in [-0.2, -0.15) is 0 Å². The number of nitrogens with one attached hydrogen (secondary N) is 1. The van der Waals surface area contributed by atoms with Gasteiger partial charge in [0.1, 0.15) is 5.82 Å². The summed E-state index contributed by atoms with van der Waals surface area (Å²) >= 11 is 0. The average Bonchev–Trinajstić information content (AvgIpc) is 2.94. The van der Waals surface area contributed by atoms with E-state index in [1.807, 2.05) is 25.2 Å². The molecule has 3 rings (SSSR count). The molecule has 5 heteroatoms. The van der Waals surface area contributed by atoms with Crippen LogP contribution in [-0.4, -0.2) is 38.0 Å². The molecule has 1 aliphatic heterocycles. The molecule has 0 fully saturated rings. The van der Waals surface area contributed by atoms with Crippen LogP contribution in [0.2, 0.25) is 0 Å². The van der Waals surface area contributed by atoms with Crippen LogP contribution >= 0.6 is 0 Å². The third-order valence-electron chi connectivity index (χ3n) is 4.54. The van der Waals surface area contributed by atoms with Gasteiger partial charge in [-0.3, -0.25) is 0 Å². The number of hydrogen-bond donors (Lipinski definition) is 2. The van der Waals surface area contributed by atoms with Gasteiger partial charge in [0.05, 0.1) is 30.2 Å². The van der Waals surface area contributed by atoms with Gasteiger partial charge in [-0.05, 0) is 43.8 Å². The van der Waals surface area contributed by atoms with E-state index in [0.29, 0.717) is 13.2 Å². The van der Waals surface area contributed by atoms with E-state index >= 15 is 0 Å². The maximum absolute atomic E-state index is 13.8. The fourth-order valence-electron chi connectivity index (χ4n) is 3.44. The highest BCUT2D eigenvalue weighted by Gasteiger charge is 2.34.